The fourth-order valence-electron chi connectivity index (χ4n) is 3.03. The van der Waals surface area contributed by atoms with Crippen LogP contribution in [-0.4, -0.2) is 55.3 Å². The second kappa shape index (κ2) is 13.6. The summed E-state index contributed by atoms with van der Waals surface area (Å²) < 4.78 is 13.0. The van der Waals surface area contributed by atoms with Gasteiger partial charge in [-0.05, 0) is 43.5 Å². The second-order valence-electron chi connectivity index (χ2n) is 6.90. The zero-order chi connectivity index (χ0) is 19.4. The summed E-state index contributed by atoms with van der Waals surface area (Å²) in [6.07, 6.45) is 5.79. The Kier molecular flexibility index (Phi) is 11.0. The van der Waals surface area contributed by atoms with Gasteiger partial charge in [-0.2, -0.15) is 5.10 Å². The molecular formula is C21H32IN5O2. The van der Waals surface area contributed by atoms with E-state index in [9.17, 15) is 0 Å². The van der Waals surface area contributed by atoms with Crippen LogP contribution in [-0.2, 0) is 16.0 Å². The molecule has 3 rings (SSSR count). The van der Waals surface area contributed by atoms with E-state index in [-0.39, 0.29) is 24.0 Å². The molecule has 0 radical (unpaired) electrons. The highest BCUT2D eigenvalue weighted by Crippen LogP contribution is 2.12. The summed E-state index contributed by atoms with van der Waals surface area (Å²) in [5, 5.41) is 10.9. The molecule has 1 aromatic heterocycles. The van der Waals surface area contributed by atoms with Crippen LogP contribution in [0.5, 0.6) is 0 Å². The Balaban J connectivity index is 0.00000300. The van der Waals surface area contributed by atoms with Crippen molar-refractivity contribution in [1.82, 2.24) is 20.4 Å². The molecule has 0 bridgehead atoms. The highest BCUT2D eigenvalue weighted by atomic mass is 127. The van der Waals surface area contributed by atoms with E-state index in [1.165, 1.54) is 0 Å². The Hall–Kier alpha value is -1.65. The summed E-state index contributed by atoms with van der Waals surface area (Å²) >= 11 is 0. The largest absolute Gasteiger partial charge is 0.381 e. The summed E-state index contributed by atoms with van der Waals surface area (Å²) in [5.41, 5.74) is 2.21. The number of halogens is 1. The number of aromatic nitrogens is 2. The van der Waals surface area contributed by atoms with Gasteiger partial charge >= 0.3 is 0 Å². The van der Waals surface area contributed by atoms with E-state index in [0.717, 1.165) is 69.6 Å². The number of rotatable bonds is 10. The first-order valence-corrected chi connectivity index (χ1v) is 10.1. The summed E-state index contributed by atoms with van der Waals surface area (Å²) in [4.78, 5) is 4.67. The van der Waals surface area contributed by atoms with E-state index >= 15 is 0 Å². The summed E-state index contributed by atoms with van der Waals surface area (Å²) in [5.74, 6) is 1.41. The molecule has 160 valence electrons. The lowest BCUT2D eigenvalue weighted by molar-refractivity contribution is 0.0888. The Bertz CT molecular complexity index is 700. The molecule has 7 nitrogen and oxygen atoms in total. The van der Waals surface area contributed by atoms with Crippen LogP contribution in [0.3, 0.4) is 0 Å². The van der Waals surface area contributed by atoms with Gasteiger partial charge in [-0.25, -0.2) is 9.67 Å². The second-order valence-corrected chi connectivity index (χ2v) is 6.90. The summed E-state index contributed by atoms with van der Waals surface area (Å²) in [6.45, 7) is 7.67. The van der Waals surface area contributed by atoms with Crippen molar-refractivity contribution in [2.45, 2.75) is 26.3 Å². The summed E-state index contributed by atoms with van der Waals surface area (Å²) in [7, 11) is 0. The number of nitrogens with zero attached hydrogens (tertiary/aromatic N) is 3. The molecule has 2 N–H and O–H groups in total. The zero-order valence-corrected chi connectivity index (χ0v) is 19.4. The molecule has 1 aliphatic heterocycles. The fourth-order valence-corrected chi connectivity index (χ4v) is 3.03. The maximum Gasteiger partial charge on any atom is 0.191 e. The topological polar surface area (TPSA) is 72.7 Å². The van der Waals surface area contributed by atoms with Gasteiger partial charge in [0, 0.05) is 44.6 Å². The lowest BCUT2D eigenvalue weighted by Crippen LogP contribution is -2.38. The lowest BCUT2D eigenvalue weighted by atomic mass is 10.1. The molecule has 1 aromatic carbocycles. The van der Waals surface area contributed by atoms with Gasteiger partial charge in [-0.15, -0.1) is 24.0 Å². The molecule has 2 heterocycles. The van der Waals surface area contributed by atoms with E-state index in [2.05, 4.69) is 51.9 Å². The van der Waals surface area contributed by atoms with E-state index in [1.807, 2.05) is 16.9 Å². The van der Waals surface area contributed by atoms with Crippen molar-refractivity contribution >= 4 is 29.9 Å². The third-order valence-electron chi connectivity index (χ3n) is 4.60. The SMILES string of the molecule is CCNC(=NCc1ccc(-n2cccn2)cc1)NCCCOCC1CCOC1.I. The van der Waals surface area contributed by atoms with Crippen molar-refractivity contribution < 1.29 is 9.47 Å². The minimum Gasteiger partial charge on any atom is -0.381 e. The van der Waals surface area contributed by atoms with Crippen LogP contribution in [0.15, 0.2) is 47.7 Å². The monoisotopic (exact) mass is 513 g/mol. The third kappa shape index (κ3) is 8.31. The van der Waals surface area contributed by atoms with Gasteiger partial charge in [0.25, 0.3) is 0 Å². The van der Waals surface area contributed by atoms with Crippen LogP contribution in [0.25, 0.3) is 5.69 Å². The normalized spacial score (nSPS) is 16.4. The predicted octanol–water partition coefficient (Wildman–Crippen LogP) is 2.99. The molecule has 0 aliphatic carbocycles. The smallest absolute Gasteiger partial charge is 0.191 e. The number of hydrogen-bond acceptors (Lipinski definition) is 4. The number of ether oxygens (including phenoxy) is 2. The van der Waals surface area contributed by atoms with Crippen LogP contribution in [0.2, 0.25) is 0 Å². The van der Waals surface area contributed by atoms with Crippen molar-refractivity contribution in [3.05, 3.63) is 48.3 Å². The van der Waals surface area contributed by atoms with E-state index in [4.69, 9.17) is 9.47 Å². The van der Waals surface area contributed by atoms with Gasteiger partial charge in [-0.1, -0.05) is 12.1 Å². The molecule has 0 spiro atoms. The quantitative estimate of drug-likeness (QED) is 0.221. The van der Waals surface area contributed by atoms with E-state index in [0.29, 0.717) is 12.5 Å². The molecule has 1 atom stereocenters. The van der Waals surface area contributed by atoms with Gasteiger partial charge in [0.05, 0.1) is 25.4 Å². The zero-order valence-electron chi connectivity index (χ0n) is 17.0. The van der Waals surface area contributed by atoms with E-state index in [1.54, 1.807) is 6.20 Å². The minimum atomic E-state index is 0. The standard InChI is InChI=1S/C21H31N5O2.HI/c1-2-22-21(23-10-4-13-27-16-19-9-14-28-17-19)24-15-18-5-7-20(8-6-18)26-12-3-11-25-26;/h3,5-8,11-12,19H,2,4,9-10,13-17H2,1H3,(H2,22,23,24);1H. The number of guanidine groups is 1. The van der Waals surface area contributed by atoms with E-state index < -0.39 is 0 Å². The van der Waals surface area contributed by atoms with Gasteiger partial charge in [0.15, 0.2) is 5.96 Å². The van der Waals surface area contributed by atoms with Crippen LogP contribution in [0, 0.1) is 5.92 Å². The van der Waals surface area contributed by atoms with Crippen molar-refractivity contribution in [2.75, 3.05) is 39.5 Å². The Morgan fingerprint density at radius 1 is 1.31 bits per heavy atom. The first-order valence-electron chi connectivity index (χ1n) is 10.1. The lowest BCUT2D eigenvalue weighted by Gasteiger charge is -2.12. The highest BCUT2D eigenvalue weighted by Gasteiger charge is 2.15. The van der Waals surface area contributed by atoms with Gasteiger partial charge in [0.2, 0.25) is 0 Å². The Labute approximate surface area is 190 Å². The van der Waals surface area contributed by atoms with Crippen LogP contribution in [0.4, 0.5) is 0 Å². The Morgan fingerprint density at radius 2 is 2.17 bits per heavy atom. The summed E-state index contributed by atoms with van der Waals surface area (Å²) in [6, 6.07) is 10.2. The van der Waals surface area contributed by atoms with Crippen molar-refractivity contribution in [3.63, 3.8) is 0 Å². The number of hydrogen-bond donors (Lipinski definition) is 2. The van der Waals surface area contributed by atoms with Crippen molar-refractivity contribution in [3.8, 4) is 5.69 Å². The fraction of sp³-hybridized carbons (Fsp3) is 0.524. The van der Waals surface area contributed by atoms with Crippen molar-refractivity contribution in [1.29, 1.82) is 0 Å². The molecule has 1 aliphatic rings. The first kappa shape index (κ1) is 23.6. The molecule has 8 heteroatoms. The molecule has 0 saturated carbocycles. The molecule has 0 amide bonds. The molecule has 1 saturated heterocycles. The van der Waals surface area contributed by atoms with Gasteiger partial charge in [0.1, 0.15) is 0 Å². The molecular weight excluding hydrogens is 481 g/mol. The van der Waals surface area contributed by atoms with Gasteiger partial charge < -0.3 is 20.1 Å². The number of aliphatic imine (C=N–C) groups is 1. The molecule has 29 heavy (non-hydrogen) atoms. The molecule has 1 unspecified atom stereocenters. The van der Waals surface area contributed by atoms with Crippen LogP contribution >= 0.6 is 24.0 Å². The average Bonchev–Trinajstić information content (AvgIpc) is 3.43. The van der Waals surface area contributed by atoms with Gasteiger partial charge in [-0.3, -0.25) is 0 Å². The Morgan fingerprint density at radius 3 is 2.86 bits per heavy atom. The van der Waals surface area contributed by atoms with Crippen molar-refractivity contribution in [2.24, 2.45) is 10.9 Å². The predicted molar refractivity (Wildman–Crippen MR) is 126 cm³/mol. The maximum absolute atomic E-state index is 5.74. The third-order valence-corrected chi connectivity index (χ3v) is 4.60. The number of benzene rings is 1. The molecule has 1 fully saturated rings. The molecule has 2 aromatic rings. The van der Waals surface area contributed by atoms with Crippen LogP contribution < -0.4 is 10.6 Å². The first-order chi connectivity index (χ1) is 13.8. The van der Waals surface area contributed by atoms with Crippen LogP contribution in [0.1, 0.15) is 25.3 Å². The minimum absolute atomic E-state index is 0. The maximum atomic E-state index is 5.74. The average molecular weight is 513 g/mol. The highest BCUT2D eigenvalue weighted by molar-refractivity contribution is 14.0. The number of nitrogens with one attached hydrogen (secondary N) is 2.